The van der Waals surface area contributed by atoms with E-state index in [0.29, 0.717) is 6.04 Å². The standard InChI is InChI=1S/C22H29N3/c1-18-8-10-20(11-9-18)25-16-13-23-17-21(25)12-15-24-14-4-6-19-5-2-3-7-22(19)24/h2-3,5,7-11,21,23H,4,6,12-17H2,1H3. The van der Waals surface area contributed by atoms with Crippen molar-refractivity contribution in [2.45, 2.75) is 32.2 Å². The van der Waals surface area contributed by atoms with E-state index in [-0.39, 0.29) is 0 Å². The fourth-order valence-corrected chi connectivity index (χ4v) is 4.24. The molecule has 0 aromatic heterocycles. The van der Waals surface area contributed by atoms with E-state index >= 15 is 0 Å². The van der Waals surface area contributed by atoms with Crippen LogP contribution >= 0.6 is 0 Å². The van der Waals surface area contributed by atoms with Gasteiger partial charge in [0.1, 0.15) is 0 Å². The second-order valence-electron chi connectivity index (χ2n) is 7.39. The Morgan fingerprint density at radius 3 is 2.76 bits per heavy atom. The molecule has 0 saturated carbocycles. The second kappa shape index (κ2) is 7.49. The first-order valence-electron chi connectivity index (χ1n) is 9.68. The lowest BCUT2D eigenvalue weighted by molar-refractivity contribution is 0.451. The fourth-order valence-electron chi connectivity index (χ4n) is 4.24. The Kier molecular flexibility index (Phi) is 4.93. The monoisotopic (exact) mass is 335 g/mol. The Balaban J connectivity index is 1.45. The second-order valence-corrected chi connectivity index (χ2v) is 7.39. The maximum Gasteiger partial charge on any atom is 0.0431 e. The van der Waals surface area contributed by atoms with E-state index in [1.54, 1.807) is 0 Å². The smallest absolute Gasteiger partial charge is 0.0431 e. The van der Waals surface area contributed by atoms with Gasteiger partial charge < -0.3 is 15.1 Å². The molecule has 0 aliphatic carbocycles. The summed E-state index contributed by atoms with van der Waals surface area (Å²) in [5, 5.41) is 3.59. The van der Waals surface area contributed by atoms with Gasteiger partial charge in [0, 0.05) is 50.1 Å². The van der Waals surface area contributed by atoms with Crippen molar-refractivity contribution in [1.82, 2.24) is 5.32 Å². The summed E-state index contributed by atoms with van der Waals surface area (Å²) in [5.74, 6) is 0. The summed E-state index contributed by atoms with van der Waals surface area (Å²) < 4.78 is 0. The SMILES string of the molecule is Cc1ccc(N2CCNCC2CCN2CCCc3ccccc32)cc1. The minimum Gasteiger partial charge on any atom is -0.371 e. The third-order valence-electron chi connectivity index (χ3n) is 5.65. The third kappa shape index (κ3) is 3.67. The summed E-state index contributed by atoms with van der Waals surface area (Å²) in [6, 6.07) is 18.5. The van der Waals surface area contributed by atoms with Crippen molar-refractivity contribution in [3.8, 4) is 0 Å². The maximum atomic E-state index is 3.59. The number of hydrogen-bond donors (Lipinski definition) is 1. The van der Waals surface area contributed by atoms with E-state index in [0.717, 1.165) is 26.2 Å². The van der Waals surface area contributed by atoms with Gasteiger partial charge >= 0.3 is 0 Å². The lowest BCUT2D eigenvalue weighted by Gasteiger charge is -2.40. The Morgan fingerprint density at radius 2 is 1.88 bits per heavy atom. The van der Waals surface area contributed by atoms with Crippen LogP contribution in [0, 0.1) is 6.92 Å². The van der Waals surface area contributed by atoms with Crippen LogP contribution in [0.1, 0.15) is 24.0 Å². The van der Waals surface area contributed by atoms with Gasteiger partial charge in [-0.1, -0.05) is 35.9 Å². The van der Waals surface area contributed by atoms with Crippen LogP contribution in [-0.4, -0.2) is 38.8 Å². The highest BCUT2D eigenvalue weighted by Gasteiger charge is 2.24. The zero-order valence-electron chi connectivity index (χ0n) is 15.2. The molecule has 3 heteroatoms. The van der Waals surface area contributed by atoms with Crippen molar-refractivity contribution in [3.63, 3.8) is 0 Å². The molecule has 1 atom stereocenters. The van der Waals surface area contributed by atoms with E-state index in [2.05, 4.69) is 70.6 Å². The number of hydrogen-bond acceptors (Lipinski definition) is 3. The average molecular weight is 335 g/mol. The maximum absolute atomic E-state index is 3.59. The van der Waals surface area contributed by atoms with Gasteiger partial charge in [0.2, 0.25) is 0 Å². The molecule has 0 radical (unpaired) electrons. The van der Waals surface area contributed by atoms with Crippen molar-refractivity contribution in [2.75, 3.05) is 42.5 Å². The van der Waals surface area contributed by atoms with E-state index in [4.69, 9.17) is 0 Å². The Labute approximate surface area is 151 Å². The lowest BCUT2D eigenvalue weighted by atomic mass is 10.0. The fraction of sp³-hybridized carbons (Fsp3) is 0.455. The third-order valence-corrected chi connectivity index (χ3v) is 5.65. The molecule has 4 rings (SSSR count). The summed E-state index contributed by atoms with van der Waals surface area (Å²) in [6.07, 6.45) is 3.71. The highest BCUT2D eigenvalue weighted by atomic mass is 15.2. The van der Waals surface area contributed by atoms with Gasteiger partial charge in [-0.25, -0.2) is 0 Å². The normalized spacial score (nSPS) is 20.4. The number of nitrogens with zero attached hydrogens (tertiary/aromatic N) is 2. The summed E-state index contributed by atoms with van der Waals surface area (Å²) in [6.45, 7) is 7.77. The summed E-state index contributed by atoms with van der Waals surface area (Å²) in [5.41, 5.74) is 5.68. The van der Waals surface area contributed by atoms with E-state index in [1.165, 1.54) is 48.3 Å². The van der Waals surface area contributed by atoms with Gasteiger partial charge in [-0.2, -0.15) is 0 Å². The number of fused-ring (bicyclic) bond motifs is 1. The molecule has 2 aromatic carbocycles. The molecule has 132 valence electrons. The molecule has 0 spiro atoms. The van der Waals surface area contributed by atoms with Gasteiger partial charge in [0.25, 0.3) is 0 Å². The molecule has 25 heavy (non-hydrogen) atoms. The van der Waals surface area contributed by atoms with Crippen LogP contribution < -0.4 is 15.1 Å². The predicted molar refractivity (Wildman–Crippen MR) is 107 cm³/mol. The predicted octanol–water partition coefficient (Wildman–Crippen LogP) is 3.62. The van der Waals surface area contributed by atoms with Crippen LogP contribution in [0.3, 0.4) is 0 Å². The molecule has 1 saturated heterocycles. The minimum atomic E-state index is 0.575. The topological polar surface area (TPSA) is 18.5 Å². The van der Waals surface area contributed by atoms with E-state index < -0.39 is 0 Å². The van der Waals surface area contributed by atoms with Crippen molar-refractivity contribution < 1.29 is 0 Å². The summed E-state index contributed by atoms with van der Waals surface area (Å²) in [4.78, 5) is 5.20. The van der Waals surface area contributed by atoms with Crippen LogP contribution in [0.4, 0.5) is 11.4 Å². The Bertz CT molecular complexity index is 695. The van der Waals surface area contributed by atoms with Crippen molar-refractivity contribution in [2.24, 2.45) is 0 Å². The van der Waals surface area contributed by atoms with E-state index in [9.17, 15) is 0 Å². The number of anilines is 2. The number of para-hydroxylation sites is 1. The zero-order valence-corrected chi connectivity index (χ0v) is 15.2. The quantitative estimate of drug-likeness (QED) is 0.921. The van der Waals surface area contributed by atoms with Gasteiger partial charge in [-0.05, 0) is 49.9 Å². The highest BCUT2D eigenvalue weighted by molar-refractivity contribution is 5.55. The molecule has 2 aliphatic heterocycles. The van der Waals surface area contributed by atoms with Gasteiger partial charge in [-0.15, -0.1) is 0 Å². The molecule has 0 bridgehead atoms. The largest absolute Gasteiger partial charge is 0.371 e. The molecular weight excluding hydrogens is 306 g/mol. The molecule has 3 nitrogen and oxygen atoms in total. The molecule has 1 N–H and O–H groups in total. The van der Waals surface area contributed by atoms with Gasteiger partial charge in [0.05, 0.1) is 0 Å². The van der Waals surface area contributed by atoms with Gasteiger partial charge in [0.15, 0.2) is 0 Å². The summed E-state index contributed by atoms with van der Waals surface area (Å²) >= 11 is 0. The van der Waals surface area contributed by atoms with Crippen LogP contribution in [0.15, 0.2) is 48.5 Å². The van der Waals surface area contributed by atoms with Gasteiger partial charge in [-0.3, -0.25) is 0 Å². The van der Waals surface area contributed by atoms with Crippen molar-refractivity contribution >= 4 is 11.4 Å². The summed E-state index contributed by atoms with van der Waals surface area (Å²) in [7, 11) is 0. The lowest BCUT2D eigenvalue weighted by Crippen LogP contribution is -2.52. The number of piperazine rings is 1. The Hall–Kier alpha value is -2.00. The van der Waals surface area contributed by atoms with Crippen LogP contribution in [0.25, 0.3) is 0 Å². The van der Waals surface area contributed by atoms with E-state index in [1.807, 2.05) is 0 Å². The first kappa shape index (κ1) is 16.5. The number of aryl methyl sites for hydroxylation is 2. The number of benzene rings is 2. The van der Waals surface area contributed by atoms with Crippen molar-refractivity contribution in [1.29, 1.82) is 0 Å². The molecule has 1 unspecified atom stereocenters. The minimum absolute atomic E-state index is 0.575. The molecular formula is C22H29N3. The molecule has 2 aliphatic rings. The van der Waals surface area contributed by atoms with Crippen LogP contribution in [-0.2, 0) is 6.42 Å². The first-order chi connectivity index (χ1) is 12.3. The first-order valence-corrected chi connectivity index (χ1v) is 9.68. The van der Waals surface area contributed by atoms with Crippen molar-refractivity contribution in [3.05, 3.63) is 59.7 Å². The number of rotatable bonds is 4. The Morgan fingerprint density at radius 1 is 1.04 bits per heavy atom. The molecule has 1 fully saturated rings. The molecule has 0 amide bonds. The van der Waals surface area contributed by atoms with Crippen LogP contribution in [0.2, 0.25) is 0 Å². The highest BCUT2D eigenvalue weighted by Crippen LogP contribution is 2.28. The molecule has 2 aromatic rings. The average Bonchev–Trinajstić information content (AvgIpc) is 2.67. The van der Waals surface area contributed by atoms with Crippen LogP contribution in [0.5, 0.6) is 0 Å². The molecule has 2 heterocycles. The zero-order chi connectivity index (χ0) is 17.1. The number of nitrogens with one attached hydrogen (secondary N) is 1.